The lowest BCUT2D eigenvalue weighted by Crippen LogP contribution is -2.29. The number of anilines is 3. The number of alkyl halides is 2. The van der Waals surface area contributed by atoms with Gasteiger partial charge in [-0.05, 0) is 44.2 Å². The lowest BCUT2D eigenvalue weighted by Gasteiger charge is -2.29. The normalized spacial score (nSPS) is 23.1. The van der Waals surface area contributed by atoms with E-state index in [1.807, 2.05) is 10.6 Å². The Hall–Kier alpha value is -3.23. The van der Waals surface area contributed by atoms with E-state index in [9.17, 15) is 18.8 Å². The molecular weight excluding hydrogens is 525 g/mol. The van der Waals surface area contributed by atoms with Gasteiger partial charge in [0.05, 0.1) is 33.6 Å². The van der Waals surface area contributed by atoms with E-state index in [1.165, 1.54) is 18.3 Å². The molecule has 13 heteroatoms. The van der Waals surface area contributed by atoms with Gasteiger partial charge in [-0.2, -0.15) is 10.2 Å². The van der Waals surface area contributed by atoms with Crippen molar-refractivity contribution in [2.24, 2.45) is 11.7 Å². The lowest BCUT2D eigenvalue weighted by molar-refractivity contribution is -0.122. The molecule has 4 N–H and O–H groups in total. The molecule has 0 spiro atoms. The molecule has 0 aliphatic heterocycles. The molecule has 3 aromatic rings. The summed E-state index contributed by atoms with van der Waals surface area (Å²) in [6.45, 7) is 0. The minimum atomic E-state index is -2.70. The fraction of sp³-hybridized carbons (Fsp3) is 0.458. The molecule has 1 aromatic carbocycles. The Bertz CT molecular complexity index is 1370. The third kappa shape index (κ3) is 5.26. The van der Waals surface area contributed by atoms with Crippen molar-refractivity contribution < 1.29 is 13.6 Å². The van der Waals surface area contributed by atoms with Gasteiger partial charge in [0.2, 0.25) is 23.7 Å². The summed E-state index contributed by atoms with van der Waals surface area (Å²) in [6, 6.07) is 4.51. The number of nitrogens with two attached hydrogens (primary N) is 1. The number of benzene rings is 1. The number of halogens is 4. The molecule has 194 valence electrons. The number of aromatic nitrogens is 4. The quantitative estimate of drug-likeness (QED) is 0.366. The van der Waals surface area contributed by atoms with Gasteiger partial charge in [-0.1, -0.05) is 23.2 Å². The maximum Gasteiger partial charge on any atom is 0.250 e. The Balaban J connectivity index is 1.52. The number of rotatable bonds is 6. The standard InChI is InChI=1S/C24H24Cl2F2N8O/c25-16-7-12(10-29)8-17(26)19(16)34-23-33-18-11-31-22(32-14-5-6-24(27,28)9-14)35-21(18)36(23)15-3-1-13(2-4-15)20(30)37/h7-8,11,13-15H,1-6,9H2,(H2,30,37)(H,33,34)(H,31,32,35)/t13-,14-,15-/m1/s1. The largest absolute Gasteiger partial charge is 0.369 e. The van der Waals surface area contributed by atoms with Gasteiger partial charge >= 0.3 is 0 Å². The van der Waals surface area contributed by atoms with Crippen molar-refractivity contribution in [2.45, 2.75) is 63.0 Å². The number of nitrogens with zero attached hydrogens (tertiary/aromatic N) is 5. The zero-order valence-electron chi connectivity index (χ0n) is 19.6. The number of nitrogens with one attached hydrogen (secondary N) is 2. The zero-order chi connectivity index (χ0) is 26.3. The molecule has 9 nitrogen and oxygen atoms in total. The molecular formula is C24H24Cl2F2N8O. The van der Waals surface area contributed by atoms with E-state index < -0.39 is 12.0 Å². The molecule has 5 rings (SSSR count). The summed E-state index contributed by atoms with van der Waals surface area (Å²) in [7, 11) is 0. The van der Waals surface area contributed by atoms with E-state index in [1.54, 1.807) is 0 Å². The summed E-state index contributed by atoms with van der Waals surface area (Å²) < 4.78 is 29.3. The Kier molecular flexibility index (Phi) is 6.81. The molecule has 0 saturated heterocycles. The highest BCUT2D eigenvalue weighted by Crippen LogP contribution is 2.40. The summed E-state index contributed by atoms with van der Waals surface area (Å²) in [5.41, 5.74) is 7.22. The van der Waals surface area contributed by atoms with Gasteiger partial charge in [-0.15, -0.1) is 0 Å². The lowest BCUT2D eigenvalue weighted by atomic mass is 9.85. The maximum atomic E-state index is 13.7. The van der Waals surface area contributed by atoms with Crippen molar-refractivity contribution in [1.82, 2.24) is 19.5 Å². The summed E-state index contributed by atoms with van der Waals surface area (Å²) >= 11 is 12.8. The second kappa shape index (κ2) is 9.91. The summed E-state index contributed by atoms with van der Waals surface area (Å²) in [4.78, 5) is 25.3. The van der Waals surface area contributed by atoms with E-state index >= 15 is 0 Å². The van der Waals surface area contributed by atoms with Crippen LogP contribution in [-0.2, 0) is 4.79 Å². The summed E-state index contributed by atoms with van der Waals surface area (Å²) in [6.07, 6.45) is 3.97. The van der Waals surface area contributed by atoms with Crippen LogP contribution in [0.1, 0.15) is 56.6 Å². The van der Waals surface area contributed by atoms with Crippen LogP contribution < -0.4 is 16.4 Å². The Morgan fingerprint density at radius 2 is 1.86 bits per heavy atom. The van der Waals surface area contributed by atoms with E-state index in [0.29, 0.717) is 60.5 Å². The fourth-order valence-electron chi connectivity index (χ4n) is 5.14. The third-order valence-electron chi connectivity index (χ3n) is 7.04. The molecule has 1 atom stereocenters. The number of primary amides is 1. The number of hydrogen-bond acceptors (Lipinski definition) is 7. The van der Waals surface area contributed by atoms with E-state index in [-0.39, 0.29) is 46.7 Å². The van der Waals surface area contributed by atoms with Gasteiger partial charge in [0.25, 0.3) is 0 Å². The van der Waals surface area contributed by atoms with E-state index in [0.717, 1.165) is 0 Å². The SMILES string of the molecule is N#Cc1cc(Cl)c(Nc2nc3cnc(N[C@@H]4CCC(F)(F)C4)nc3n2[C@H]2CC[C@H](C(N)=O)CC2)c(Cl)c1. The molecule has 0 unspecified atom stereocenters. The molecule has 0 bridgehead atoms. The third-order valence-corrected chi connectivity index (χ3v) is 7.64. The number of amides is 1. The highest BCUT2D eigenvalue weighted by molar-refractivity contribution is 6.39. The van der Waals surface area contributed by atoms with Gasteiger partial charge in [0, 0.05) is 30.8 Å². The van der Waals surface area contributed by atoms with Crippen LogP contribution in [0.4, 0.5) is 26.4 Å². The molecule has 2 saturated carbocycles. The first-order valence-electron chi connectivity index (χ1n) is 12.0. The van der Waals surface area contributed by atoms with Gasteiger partial charge in [0.1, 0.15) is 5.52 Å². The number of fused-ring (bicyclic) bond motifs is 1. The van der Waals surface area contributed by atoms with Crippen LogP contribution in [0.15, 0.2) is 18.3 Å². The zero-order valence-corrected chi connectivity index (χ0v) is 21.2. The van der Waals surface area contributed by atoms with Crippen LogP contribution in [0.25, 0.3) is 11.2 Å². The number of nitriles is 1. The average molecular weight is 549 g/mol. The Labute approximate surface area is 221 Å². The molecule has 2 aliphatic rings. The first-order valence-corrected chi connectivity index (χ1v) is 12.7. The molecule has 2 fully saturated rings. The van der Waals surface area contributed by atoms with Crippen LogP contribution in [0, 0.1) is 17.2 Å². The molecule has 37 heavy (non-hydrogen) atoms. The second-order valence-electron chi connectivity index (χ2n) is 9.61. The predicted molar refractivity (Wildman–Crippen MR) is 136 cm³/mol. The second-order valence-corrected chi connectivity index (χ2v) is 10.4. The number of carbonyl (C=O) groups excluding carboxylic acids is 1. The highest BCUT2D eigenvalue weighted by atomic mass is 35.5. The van der Waals surface area contributed by atoms with Crippen LogP contribution in [0.3, 0.4) is 0 Å². The monoisotopic (exact) mass is 548 g/mol. The van der Waals surface area contributed by atoms with E-state index in [2.05, 4.69) is 25.6 Å². The minimum Gasteiger partial charge on any atom is -0.369 e. The fourth-order valence-corrected chi connectivity index (χ4v) is 5.72. The van der Waals surface area contributed by atoms with Crippen LogP contribution in [-0.4, -0.2) is 37.4 Å². The van der Waals surface area contributed by atoms with Crippen molar-refractivity contribution in [3.05, 3.63) is 33.9 Å². The van der Waals surface area contributed by atoms with Crippen molar-refractivity contribution in [3.8, 4) is 6.07 Å². The predicted octanol–water partition coefficient (Wildman–Crippen LogP) is 5.56. The topological polar surface area (TPSA) is 135 Å². The van der Waals surface area contributed by atoms with Crippen molar-refractivity contribution in [2.75, 3.05) is 10.6 Å². The average Bonchev–Trinajstić information content (AvgIpc) is 3.39. The van der Waals surface area contributed by atoms with Crippen molar-refractivity contribution in [3.63, 3.8) is 0 Å². The molecule has 0 radical (unpaired) electrons. The Morgan fingerprint density at radius 1 is 1.16 bits per heavy atom. The van der Waals surface area contributed by atoms with Crippen molar-refractivity contribution in [1.29, 1.82) is 5.26 Å². The minimum absolute atomic E-state index is 0.0717. The van der Waals surface area contributed by atoms with Gasteiger partial charge in [-0.3, -0.25) is 9.36 Å². The maximum absolute atomic E-state index is 13.7. The smallest absolute Gasteiger partial charge is 0.250 e. The molecule has 2 aliphatic carbocycles. The van der Waals surface area contributed by atoms with Gasteiger partial charge < -0.3 is 16.4 Å². The van der Waals surface area contributed by atoms with E-state index in [4.69, 9.17) is 28.9 Å². The first kappa shape index (κ1) is 25.4. The van der Waals surface area contributed by atoms with Crippen LogP contribution >= 0.6 is 23.2 Å². The first-order chi connectivity index (χ1) is 17.6. The molecule has 2 aromatic heterocycles. The number of imidazole rings is 1. The Morgan fingerprint density at radius 3 is 2.46 bits per heavy atom. The number of hydrogen-bond donors (Lipinski definition) is 3. The van der Waals surface area contributed by atoms with Gasteiger partial charge in [0.15, 0.2) is 5.65 Å². The summed E-state index contributed by atoms with van der Waals surface area (Å²) in [5.74, 6) is -2.56. The van der Waals surface area contributed by atoms with Crippen LogP contribution in [0.2, 0.25) is 10.0 Å². The molecule has 1 amide bonds. The van der Waals surface area contributed by atoms with Gasteiger partial charge in [-0.25, -0.2) is 18.7 Å². The van der Waals surface area contributed by atoms with Crippen molar-refractivity contribution >= 4 is 57.9 Å². The van der Waals surface area contributed by atoms with Crippen LogP contribution in [0.5, 0.6) is 0 Å². The summed E-state index contributed by atoms with van der Waals surface area (Å²) in [5, 5.41) is 15.9. The number of carbonyl (C=O) groups is 1. The highest BCUT2D eigenvalue weighted by Gasteiger charge is 2.39. The molecule has 2 heterocycles.